The number of aromatic nitrogens is 4. The minimum Gasteiger partial charge on any atom is -0.338 e. The average Bonchev–Trinajstić information content (AvgIpc) is 3.19. The van der Waals surface area contributed by atoms with Gasteiger partial charge in [0.15, 0.2) is 0 Å². The standard InChI is InChI=1S/C20H20ClN5OS/c1-25(18-11-4-7-14-6-2-3-10-17(14)18)19(27)13-28-20-22-23-24-26(20)16-9-5-8-15(21)12-16/h2-3,5-6,8-10,12,18H,4,7,11,13H2,1H3. The van der Waals surface area contributed by atoms with Gasteiger partial charge in [-0.1, -0.05) is 53.7 Å². The van der Waals surface area contributed by atoms with Crippen LogP contribution in [0.4, 0.5) is 0 Å². The summed E-state index contributed by atoms with van der Waals surface area (Å²) in [5, 5.41) is 13.0. The van der Waals surface area contributed by atoms with Crippen molar-refractivity contribution in [3.05, 3.63) is 64.7 Å². The van der Waals surface area contributed by atoms with Gasteiger partial charge in [-0.25, -0.2) is 0 Å². The maximum atomic E-state index is 12.9. The Labute approximate surface area is 172 Å². The van der Waals surface area contributed by atoms with Gasteiger partial charge in [0, 0.05) is 12.1 Å². The second-order valence-electron chi connectivity index (χ2n) is 6.75. The van der Waals surface area contributed by atoms with Crippen LogP contribution in [-0.4, -0.2) is 43.8 Å². The van der Waals surface area contributed by atoms with Crippen LogP contribution >= 0.6 is 23.4 Å². The smallest absolute Gasteiger partial charge is 0.233 e. The maximum Gasteiger partial charge on any atom is 0.233 e. The van der Waals surface area contributed by atoms with E-state index in [0.717, 1.165) is 24.9 Å². The van der Waals surface area contributed by atoms with Crippen LogP contribution in [0.25, 0.3) is 5.69 Å². The summed E-state index contributed by atoms with van der Waals surface area (Å²) < 4.78 is 1.60. The summed E-state index contributed by atoms with van der Waals surface area (Å²) in [5.74, 6) is 0.336. The zero-order valence-corrected chi connectivity index (χ0v) is 17.0. The molecule has 28 heavy (non-hydrogen) atoms. The van der Waals surface area contributed by atoms with E-state index >= 15 is 0 Å². The van der Waals surface area contributed by atoms with Gasteiger partial charge in [0.1, 0.15) is 0 Å². The molecule has 1 amide bonds. The quantitative estimate of drug-likeness (QED) is 0.593. The van der Waals surface area contributed by atoms with E-state index in [9.17, 15) is 4.79 Å². The third-order valence-corrected chi connectivity index (χ3v) is 6.16. The predicted octanol–water partition coefficient (Wildman–Crippen LogP) is 3.94. The molecule has 0 aliphatic heterocycles. The molecule has 0 spiro atoms. The van der Waals surface area contributed by atoms with E-state index in [2.05, 4.69) is 33.7 Å². The zero-order valence-electron chi connectivity index (χ0n) is 15.5. The van der Waals surface area contributed by atoms with Crippen LogP contribution in [0.1, 0.15) is 30.0 Å². The highest BCUT2D eigenvalue weighted by Crippen LogP contribution is 2.34. The molecule has 3 aromatic rings. The summed E-state index contributed by atoms with van der Waals surface area (Å²) in [6.07, 6.45) is 3.17. The van der Waals surface area contributed by atoms with Crippen LogP contribution < -0.4 is 0 Å². The molecular formula is C20H20ClN5OS. The van der Waals surface area contributed by atoms with Crippen molar-refractivity contribution in [3.63, 3.8) is 0 Å². The van der Waals surface area contributed by atoms with E-state index in [0.29, 0.717) is 10.2 Å². The monoisotopic (exact) mass is 413 g/mol. The number of tetrazole rings is 1. The van der Waals surface area contributed by atoms with Crippen molar-refractivity contribution in [2.45, 2.75) is 30.5 Å². The van der Waals surface area contributed by atoms with Crippen molar-refractivity contribution in [2.24, 2.45) is 0 Å². The van der Waals surface area contributed by atoms with Gasteiger partial charge < -0.3 is 4.90 Å². The molecule has 0 N–H and O–H groups in total. The number of hydrogen-bond donors (Lipinski definition) is 0. The van der Waals surface area contributed by atoms with Crippen LogP contribution in [0.3, 0.4) is 0 Å². The number of aryl methyl sites for hydroxylation is 1. The van der Waals surface area contributed by atoms with Crippen molar-refractivity contribution in [1.29, 1.82) is 0 Å². The largest absolute Gasteiger partial charge is 0.338 e. The van der Waals surface area contributed by atoms with Crippen molar-refractivity contribution in [2.75, 3.05) is 12.8 Å². The van der Waals surface area contributed by atoms with E-state index in [1.54, 1.807) is 16.8 Å². The molecule has 1 aromatic heterocycles. The second kappa shape index (κ2) is 8.32. The number of rotatable bonds is 5. The lowest BCUT2D eigenvalue weighted by Crippen LogP contribution is -2.34. The fraction of sp³-hybridized carbons (Fsp3) is 0.300. The third kappa shape index (κ3) is 3.91. The number of thioether (sulfide) groups is 1. The molecule has 4 rings (SSSR count). The molecule has 1 heterocycles. The summed E-state index contributed by atoms with van der Waals surface area (Å²) in [6, 6.07) is 15.8. The van der Waals surface area contributed by atoms with Crippen LogP contribution in [0.2, 0.25) is 5.02 Å². The van der Waals surface area contributed by atoms with Crippen LogP contribution in [0, 0.1) is 0 Å². The first-order valence-corrected chi connectivity index (χ1v) is 10.5. The molecular weight excluding hydrogens is 394 g/mol. The van der Waals surface area contributed by atoms with E-state index in [-0.39, 0.29) is 17.7 Å². The Hall–Kier alpha value is -2.38. The van der Waals surface area contributed by atoms with Gasteiger partial charge in [-0.05, 0) is 59.0 Å². The molecule has 8 heteroatoms. The molecule has 1 aliphatic rings. The highest BCUT2D eigenvalue weighted by atomic mass is 35.5. The minimum atomic E-state index is 0.0624. The van der Waals surface area contributed by atoms with Crippen LogP contribution in [-0.2, 0) is 11.2 Å². The van der Waals surface area contributed by atoms with Crippen LogP contribution in [0.5, 0.6) is 0 Å². The SMILES string of the molecule is CN(C(=O)CSc1nnnn1-c1cccc(Cl)c1)C1CCCc2ccccc21. The molecule has 0 saturated carbocycles. The molecule has 1 atom stereocenters. The molecule has 2 aromatic carbocycles. The molecule has 0 bridgehead atoms. The van der Waals surface area contributed by atoms with Gasteiger partial charge in [-0.3, -0.25) is 4.79 Å². The fourth-order valence-corrected chi connectivity index (χ4v) is 4.57. The fourth-order valence-electron chi connectivity index (χ4n) is 3.57. The number of carbonyl (C=O) groups excluding carboxylic acids is 1. The minimum absolute atomic E-state index is 0.0624. The van der Waals surface area contributed by atoms with E-state index in [1.807, 2.05) is 30.1 Å². The Bertz CT molecular complexity index is 992. The first-order valence-electron chi connectivity index (χ1n) is 9.14. The molecule has 1 unspecified atom stereocenters. The number of hydrogen-bond acceptors (Lipinski definition) is 5. The maximum absolute atomic E-state index is 12.9. The van der Waals surface area contributed by atoms with E-state index < -0.39 is 0 Å². The second-order valence-corrected chi connectivity index (χ2v) is 8.13. The molecule has 0 radical (unpaired) electrons. The molecule has 6 nitrogen and oxygen atoms in total. The Balaban J connectivity index is 1.45. The van der Waals surface area contributed by atoms with E-state index in [4.69, 9.17) is 11.6 Å². The van der Waals surface area contributed by atoms with Gasteiger partial charge >= 0.3 is 0 Å². The summed E-state index contributed by atoms with van der Waals surface area (Å²) >= 11 is 7.39. The first kappa shape index (κ1) is 19.0. The van der Waals surface area contributed by atoms with Crippen molar-refractivity contribution in [3.8, 4) is 5.69 Å². The lowest BCUT2D eigenvalue weighted by Gasteiger charge is -2.33. The Morgan fingerprint density at radius 3 is 3.00 bits per heavy atom. The number of nitrogens with zero attached hydrogens (tertiary/aromatic N) is 5. The summed E-state index contributed by atoms with van der Waals surface area (Å²) in [7, 11) is 1.88. The number of amides is 1. The van der Waals surface area contributed by atoms with Gasteiger partial charge in [0.05, 0.1) is 17.5 Å². The highest BCUT2D eigenvalue weighted by Gasteiger charge is 2.26. The van der Waals surface area contributed by atoms with Crippen molar-refractivity contribution in [1.82, 2.24) is 25.1 Å². The normalized spacial score (nSPS) is 15.9. The molecule has 1 aliphatic carbocycles. The number of benzene rings is 2. The molecule has 144 valence electrons. The topological polar surface area (TPSA) is 63.9 Å². The Morgan fingerprint density at radius 2 is 2.14 bits per heavy atom. The van der Waals surface area contributed by atoms with E-state index in [1.165, 1.54) is 22.9 Å². The number of fused-ring (bicyclic) bond motifs is 1. The van der Waals surface area contributed by atoms with Crippen molar-refractivity contribution < 1.29 is 4.79 Å². The number of halogens is 1. The van der Waals surface area contributed by atoms with Gasteiger partial charge in [-0.2, -0.15) is 4.68 Å². The van der Waals surface area contributed by atoms with Gasteiger partial charge in [0.25, 0.3) is 0 Å². The molecule has 0 fully saturated rings. The van der Waals surface area contributed by atoms with Gasteiger partial charge in [-0.15, -0.1) is 5.10 Å². The highest BCUT2D eigenvalue weighted by molar-refractivity contribution is 7.99. The van der Waals surface area contributed by atoms with Gasteiger partial charge in [0.2, 0.25) is 11.1 Å². The summed E-state index contributed by atoms with van der Waals surface area (Å²) in [5.41, 5.74) is 3.37. The summed E-state index contributed by atoms with van der Waals surface area (Å²) in [6.45, 7) is 0. The van der Waals surface area contributed by atoms with Crippen molar-refractivity contribution >= 4 is 29.3 Å². The average molecular weight is 414 g/mol. The summed E-state index contributed by atoms with van der Waals surface area (Å²) in [4.78, 5) is 14.7. The van der Waals surface area contributed by atoms with Crippen LogP contribution in [0.15, 0.2) is 53.7 Å². The zero-order chi connectivity index (χ0) is 19.5. The third-order valence-electron chi connectivity index (χ3n) is 5.02. The lowest BCUT2D eigenvalue weighted by molar-refractivity contribution is -0.129. The number of carbonyl (C=O) groups is 1. The Kier molecular flexibility index (Phi) is 5.64. The lowest BCUT2D eigenvalue weighted by atomic mass is 9.87. The predicted molar refractivity (Wildman–Crippen MR) is 110 cm³/mol. The Morgan fingerprint density at radius 1 is 1.29 bits per heavy atom. The first-order chi connectivity index (χ1) is 13.6. The molecule has 0 saturated heterocycles.